The standard InChI is InChI=1S/C25H26N4O5/c1-15(30)28-11-10-16-12-18(7-9-21(16)28)26-23(31)14-34-24(32)17-6-8-22-20(13-17)27-25(33)29(22)19-4-2-3-5-19/h6-9,12-13,19H,2-5,10-11,14H2,1H3,(H,26,31)(H,27,33). The molecule has 2 N–H and O–H groups in total. The van der Waals surface area contributed by atoms with Crippen molar-refractivity contribution in [2.45, 2.75) is 45.1 Å². The molecule has 1 aliphatic carbocycles. The van der Waals surface area contributed by atoms with Crippen molar-refractivity contribution in [1.82, 2.24) is 9.55 Å². The highest BCUT2D eigenvalue weighted by atomic mass is 16.5. The fourth-order valence-electron chi connectivity index (χ4n) is 5.00. The lowest BCUT2D eigenvalue weighted by molar-refractivity contribution is -0.119. The van der Waals surface area contributed by atoms with E-state index in [9.17, 15) is 19.2 Å². The first kappa shape index (κ1) is 21.9. The SMILES string of the molecule is CC(=O)N1CCc2cc(NC(=O)COC(=O)c3ccc4c(c3)[nH]c(=O)n4C3CCCC3)ccc21. The molecular weight excluding hydrogens is 436 g/mol. The highest BCUT2D eigenvalue weighted by Gasteiger charge is 2.23. The van der Waals surface area contributed by atoms with Crippen molar-refractivity contribution in [3.8, 4) is 0 Å². The third-order valence-electron chi connectivity index (χ3n) is 6.62. The van der Waals surface area contributed by atoms with Gasteiger partial charge < -0.3 is 19.9 Å². The summed E-state index contributed by atoms with van der Waals surface area (Å²) in [7, 11) is 0. The number of nitrogens with zero attached hydrogens (tertiary/aromatic N) is 2. The molecule has 2 aromatic carbocycles. The van der Waals surface area contributed by atoms with Gasteiger partial charge in [0.2, 0.25) is 5.91 Å². The second-order valence-electron chi connectivity index (χ2n) is 8.86. The number of anilines is 2. The number of rotatable bonds is 5. The molecule has 1 aromatic heterocycles. The third-order valence-corrected chi connectivity index (χ3v) is 6.62. The maximum absolute atomic E-state index is 12.5. The smallest absolute Gasteiger partial charge is 0.338 e. The molecule has 5 rings (SSSR count). The van der Waals surface area contributed by atoms with Gasteiger partial charge in [-0.2, -0.15) is 0 Å². The topological polar surface area (TPSA) is 114 Å². The van der Waals surface area contributed by atoms with Crippen molar-refractivity contribution < 1.29 is 19.1 Å². The number of H-pyrrole nitrogens is 1. The molecule has 0 atom stereocenters. The van der Waals surface area contributed by atoms with Crippen LogP contribution < -0.4 is 15.9 Å². The highest BCUT2D eigenvalue weighted by molar-refractivity contribution is 5.98. The second-order valence-corrected chi connectivity index (χ2v) is 8.86. The number of benzene rings is 2. The number of carbonyl (C=O) groups is 3. The number of amides is 2. The number of imidazole rings is 1. The first-order valence-electron chi connectivity index (χ1n) is 11.5. The minimum Gasteiger partial charge on any atom is -0.452 e. The van der Waals surface area contributed by atoms with Crippen LogP contribution in [0.4, 0.5) is 11.4 Å². The Kier molecular flexibility index (Phi) is 5.69. The van der Waals surface area contributed by atoms with E-state index < -0.39 is 18.5 Å². The van der Waals surface area contributed by atoms with Gasteiger partial charge in [-0.25, -0.2) is 9.59 Å². The molecule has 1 aliphatic heterocycles. The van der Waals surface area contributed by atoms with E-state index in [4.69, 9.17) is 4.74 Å². The lowest BCUT2D eigenvalue weighted by atomic mass is 10.1. The Morgan fingerprint density at radius 1 is 1.12 bits per heavy atom. The predicted molar refractivity (Wildman–Crippen MR) is 127 cm³/mol. The molecule has 0 radical (unpaired) electrons. The number of nitrogens with one attached hydrogen (secondary N) is 2. The molecule has 0 saturated heterocycles. The van der Waals surface area contributed by atoms with Crippen LogP contribution in [0.3, 0.4) is 0 Å². The molecule has 2 aliphatic rings. The molecule has 3 aromatic rings. The molecular formula is C25H26N4O5. The molecule has 9 nitrogen and oxygen atoms in total. The Bertz CT molecular complexity index is 1350. The van der Waals surface area contributed by atoms with Crippen LogP contribution in [0, 0.1) is 0 Å². The summed E-state index contributed by atoms with van der Waals surface area (Å²) < 4.78 is 6.96. The summed E-state index contributed by atoms with van der Waals surface area (Å²) in [5, 5.41) is 2.72. The zero-order valence-corrected chi connectivity index (χ0v) is 18.9. The van der Waals surface area contributed by atoms with Crippen LogP contribution in [0.1, 0.15) is 54.6 Å². The van der Waals surface area contributed by atoms with Gasteiger partial charge in [0.25, 0.3) is 5.91 Å². The van der Waals surface area contributed by atoms with Crippen molar-refractivity contribution in [2.24, 2.45) is 0 Å². The van der Waals surface area contributed by atoms with E-state index in [-0.39, 0.29) is 23.2 Å². The van der Waals surface area contributed by atoms with E-state index >= 15 is 0 Å². The van der Waals surface area contributed by atoms with E-state index in [0.29, 0.717) is 17.7 Å². The van der Waals surface area contributed by atoms with E-state index in [1.54, 1.807) is 39.8 Å². The average molecular weight is 463 g/mol. The summed E-state index contributed by atoms with van der Waals surface area (Å²) in [6.45, 7) is 1.71. The van der Waals surface area contributed by atoms with Gasteiger partial charge in [0.1, 0.15) is 0 Å². The van der Waals surface area contributed by atoms with E-state index in [0.717, 1.165) is 48.9 Å². The summed E-state index contributed by atoms with van der Waals surface area (Å²) in [6.07, 6.45) is 4.90. The Morgan fingerprint density at radius 2 is 1.91 bits per heavy atom. The van der Waals surface area contributed by atoms with E-state index in [1.807, 2.05) is 6.07 Å². The van der Waals surface area contributed by atoms with E-state index in [2.05, 4.69) is 10.3 Å². The molecule has 1 saturated carbocycles. The molecule has 176 valence electrons. The molecule has 2 amide bonds. The van der Waals surface area contributed by atoms with Gasteiger partial charge in [-0.05, 0) is 61.2 Å². The number of aromatic nitrogens is 2. The van der Waals surface area contributed by atoms with Gasteiger partial charge in [0.15, 0.2) is 6.61 Å². The van der Waals surface area contributed by atoms with Crippen molar-refractivity contribution in [1.29, 1.82) is 0 Å². The van der Waals surface area contributed by atoms with Crippen molar-refractivity contribution >= 4 is 40.2 Å². The largest absolute Gasteiger partial charge is 0.452 e. The first-order chi connectivity index (χ1) is 16.4. The summed E-state index contributed by atoms with van der Waals surface area (Å²) in [5.41, 5.74) is 3.86. The molecule has 34 heavy (non-hydrogen) atoms. The third kappa shape index (κ3) is 4.09. The quantitative estimate of drug-likeness (QED) is 0.566. The summed E-state index contributed by atoms with van der Waals surface area (Å²) in [4.78, 5) is 53.5. The fraction of sp³-hybridized carbons (Fsp3) is 0.360. The van der Waals surface area contributed by atoms with Gasteiger partial charge in [-0.3, -0.25) is 14.2 Å². The molecule has 9 heteroatoms. The van der Waals surface area contributed by atoms with Crippen LogP contribution in [0.5, 0.6) is 0 Å². The van der Waals surface area contributed by atoms with Crippen molar-refractivity contribution in [2.75, 3.05) is 23.4 Å². The Hall–Kier alpha value is -3.88. The average Bonchev–Trinajstić information content (AvgIpc) is 3.54. The minimum atomic E-state index is -0.641. The molecule has 0 bridgehead atoms. The number of hydrogen-bond donors (Lipinski definition) is 2. The number of aromatic amines is 1. The monoisotopic (exact) mass is 462 g/mol. The molecule has 0 unspecified atom stereocenters. The summed E-state index contributed by atoms with van der Waals surface area (Å²) in [6, 6.07) is 10.5. The van der Waals surface area contributed by atoms with Crippen molar-refractivity contribution in [3.63, 3.8) is 0 Å². The van der Waals surface area contributed by atoms with Crippen molar-refractivity contribution in [3.05, 3.63) is 58.0 Å². The van der Waals surface area contributed by atoms with Crippen LogP contribution in [-0.4, -0.2) is 40.5 Å². The molecule has 1 fully saturated rings. The number of ether oxygens (including phenoxy) is 1. The lowest BCUT2D eigenvalue weighted by Gasteiger charge is -2.15. The predicted octanol–water partition coefficient (Wildman–Crippen LogP) is 3.15. The summed E-state index contributed by atoms with van der Waals surface area (Å²) in [5.74, 6) is -1.12. The highest BCUT2D eigenvalue weighted by Crippen LogP contribution is 2.31. The minimum absolute atomic E-state index is 0.0141. The van der Waals surface area contributed by atoms with Crippen LogP contribution in [-0.2, 0) is 20.7 Å². The van der Waals surface area contributed by atoms with Gasteiger partial charge in [-0.1, -0.05) is 12.8 Å². The normalized spacial score (nSPS) is 15.5. The Balaban J connectivity index is 1.22. The number of fused-ring (bicyclic) bond motifs is 2. The molecule has 2 heterocycles. The number of carbonyl (C=O) groups excluding carboxylic acids is 3. The first-order valence-corrected chi connectivity index (χ1v) is 11.5. The zero-order chi connectivity index (χ0) is 23.8. The van der Waals surface area contributed by atoms with Gasteiger partial charge in [-0.15, -0.1) is 0 Å². The number of hydrogen-bond acceptors (Lipinski definition) is 5. The second kappa shape index (κ2) is 8.81. The van der Waals surface area contributed by atoms with Gasteiger partial charge in [0.05, 0.1) is 16.6 Å². The molecule has 0 spiro atoms. The van der Waals surface area contributed by atoms with Gasteiger partial charge in [0, 0.05) is 30.9 Å². The zero-order valence-electron chi connectivity index (χ0n) is 18.9. The fourth-order valence-corrected chi connectivity index (χ4v) is 5.00. The maximum Gasteiger partial charge on any atom is 0.338 e. The van der Waals surface area contributed by atoms with Crippen LogP contribution in [0.25, 0.3) is 11.0 Å². The van der Waals surface area contributed by atoms with Crippen LogP contribution >= 0.6 is 0 Å². The summed E-state index contributed by atoms with van der Waals surface area (Å²) >= 11 is 0. The van der Waals surface area contributed by atoms with E-state index in [1.165, 1.54) is 6.92 Å². The maximum atomic E-state index is 12.5. The lowest BCUT2D eigenvalue weighted by Crippen LogP contribution is -2.25. The number of esters is 1. The van der Waals surface area contributed by atoms with Crippen LogP contribution in [0.2, 0.25) is 0 Å². The Labute approximate surface area is 195 Å². The van der Waals surface area contributed by atoms with Crippen LogP contribution in [0.15, 0.2) is 41.2 Å². The Morgan fingerprint density at radius 3 is 2.68 bits per heavy atom. The van der Waals surface area contributed by atoms with Gasteiger partial charge >= 0.3 is 11.7 Å².